The summed E-state index contributed by atoms with van der Waals surface area (Å²) >= 11 is 1.17. The molecule has 4 amide bonds. The first-order valence-electron chi connectivity index (χ1n) is 19.5. The van der Waals surface area contributed by atoms with Gasteiger partial charge in [-0.15, -0.1) is 18.3 Å². The highest BCUT2D eigenvalue weighted by Gasteiger charge is 2.52. The number of ether oxygens (including phenoxy) is 6. The fraction of sp³-hybridized carbons (Fsp3) is 0.625. The fourth-order valence-electron chi connectivity index (χ4n) is 7.38. The number of aliphatic hydroxyl groups is 3. The third-order valence-corrected chi connectivity index (χ3v) is 11.6. The second-order valence-corrected chi connectivity index (χ2v) is 15.9. The van der Waals surface area contributed by atoms with Gasteiger partial charge in [0.25, 0.3) is 0 Å². The van der Waals surface area contributed by atoms with Gasteiger partial charge in [-0.25, -0.2) is 0 Å². The summed E-state index contributed by atoms with van der Waals surface area (Å²) in [6.45, 7) is 2.74. The van der Waals surface area contributed by atoms with Crippen molar-refractivity contribution >= 4 is 41.4 Å². The highest BCUT2D eigenvalue weighted by Crippen LogP contribution is 2.38. The number of hydrogen-bond acceptors (Lipinski definition) is 15. The summed E-state index contributed by atoms with van der Waals surface area (Å²) in [5.41, 5.74) is 5.14. The number of thioether (sulfide) groups is 1. The number of imide groups is 1. The first kappa shape index (κ1) is 45.4. The average molecular weight is 834 g/mol. The second-order valence-electron chi connectivity index (χ2n) is 14.6. The van der Waals surface area contributed by atoms with Crippen LogP contribution in [0.2, 0.25) is 0 Å². The van der Waals surface area contributed by atoms with Gasteiger partial charge >= 0.3 is 5.97 Å². The summed E-state index contributed by atoms with van der Waals surface area (Å²) in [5.74, 6) is -2.33. The van der Waals surface area contributed by atoms with Crippen LogP contribution in [0.1, 0.15) is 44.9 Å². The van der Waals surface area contributed by atoms with E-state index in [1.54, 1.807) is 24.3 Å². The number of carbonyl (C=O) groups excluding carboxylic acids is 5. The molecule has 5 heterocycles. The van der Waals surface area contributed by atoms with Crippen LogP contribution < -0.4 is 11.1 Å². The normalized spacial score (nSPS) is 32.4. The molecule has 0 saturated carbocycles. The smallest absolute Gasteiger partial charge is 0.326 e. The number of methoxy groups -OCH3 is 1. The number of amides is 4. The van der Waals surface area contributed by atoms with Crippen LogP contribution in [-0.2, 0) is 52.4 Å². The molecule has 3 saturated heterocycles. The van der Waals surface area contributed by atoms with Crippen molar-refractivity contribution < 1.29 is 67.7 Å². The Labute approximate surface area is 341 Å². The van der Waals surface area contributed by atoms with Crippen molar-refractivity contribution in [3.63, 3.8) is 0 Å². The van der Waals surface area contributed by atoms with E-state index in [-0.39, 0.29) is 25.8 Å². The van der Waals surface area contributed by atoms with Crippen LogP contribution in [0.4, 0.5) is 0 Å². The van der Waals surface area contributed by atoms with E-state index in [4.69, 9.17) is 39.3 Å². The summed E-state index contributed by atoms with van der Waals surface area (Å²) in [7, 11) is 1.48. The number of carbonyl (C=O) groups is 5. The number of aliphatic hydroxyl groups excluding tert-OH is 3. The summed E-state index contributed by atoms with van der Waals surface area (Å²) in [6.07, 6.45) is 9.65. The van der Waals surface area contributed by atoms with Crippen LogP contribution in [0, 0.1) is 0 Å². The van der Waals surface area contributed by atoms with Crippen LogP contribution in [0.15, 0.2) is 61.3 Å². The zero-order valence-electron chi connectivity index (χ0n) is 32.5. The Bertz CT molecular complexity index is 1590. The van der Waals surface area contributed by atoms with Gasteiger partial charge in [0, 0.05) is 45.1 Å². The van der Waals surface area contributed by atoms with E-state index in [1.165, 1.54) is 24.9 Å². The van der Waals surface area contributed by atoms with Crippen molar-refractivity contribution in [3.05, 3.63) is 61.3 Å². The molecule has 13 atom stereocenters. The lowest BCUT2D eigenvalue weighted by Gasteiger charge is -2.49. The number of hydrogen-bond donors (Lipinski definition) is 5. The number of nitrogens with two attached hydrogens (primary N) is 1. The zero-order chi connectivity index (χ0) is 41.8. The molecule has 0 bridgehead atoms. The Balaban J connectivity index is 1.13. The fourth-order valence-corrected chi connectivity index (χ4v) is 8.51. The molecule has 0 aromatic carbocycles. The van der Waals surface area contributed by atoms with Crippen LogP contribution in [0.25, 0.3) is 0 Å². The maximum absolute atomic E-state index is 13.0. The van der Waals surface area contributed by atoms with E-state index in [0.29, 0.717) is 31.4 Å². The Kier molecular flexibility index (Phi) is 17.2. The Morgan fingerprint density at radius 2 is 1.83 bits per heavy atom. The molecule has 0 aromatic rings. The van der Waals surface area contributed by atoms with Crippen LogP contribution in [0.3, 0.4) is 0 Å². The lowest BCUT2D eigenvalue weighted by atomic mass is 9.87. The summed E-state index contributed by atoms with van der Waals surface area (Å²) in [6, 6.07) is 0. The maximum Gasteiger partial charge on any atom is 0.326 e. The maximum atomic E-state index is 13.0. The molecular formula is C40H55N3O14S. The first-order valence-corrected chi connectivity index (χ1v) is 20.6. The first-order chi connectivity index (χ1) is 27.9. The zero-order valence-corrected chi connectivity index (χ0v) is 33.3. The molecule has 1 unspecified atom stereocenters. The van der Waals surface area contributed by atoms with E-state index >= 15 is 0 Å². The third kappa shape index (κ3) is 12.4. The number of nitrogens with one attached hydrogen (secondary N) is 1. The van der Waals surface area contributed by atoms with Crippen molar-refractivity contribution in [1.29, 1.82) is 0 Å². The standard InChI is InChI=1S/C40H55N3O14S/c1-3-6-26(52-2)28(56-36(49)21-42-34(47)15-17-43-35(48)20-32(40(43)51)58-18-16-33(41)46)14-13-24-7-4-9-27-30(53-24)19-31-39(57-27)37(50)38-29(55-31)10-5-8-25(54-38)12-11-23(45)22-44/h3-5,8-9,11-14,23-32,37-39,44-45,50H,1,6-7,10,15-22H2,2H3,(H2,41,46)(H,42,47)/b12-11+,14-13-/t23-,24-,25+,26+,27+,28-,29-,30-,31+,32?,37+,38-,39+/m0/s1. The number of esters is 1. The lowest BCUT2D eigenvalue weighted by Crippen LogP contribution is -2.63. The van der Waals surface area contributed by atoms with E-state index in [1.807, 2.05) is 24.3 Å². The van der Waals surface area contributed by atoms with Crippen LogP contribution >= 0.6 is 11.8 Å². The molecule has 58 heavy (non-hydrogen) atoms. The van der Waals surface area contributed by atoms with Gasteiger partial charge in [0.15, 0.2) is 0 Å². The molecule has 3 fully saturated rings. The average Bonchev–Trinajstić information content (AvgIpc) is 3.36. The molecular weight excluding hydrogens is 779 g/mol. The van der Waals surface area contributed by atoms with Crippen molar-refractivity contribution in [3.8, 4) is 0 Å². The summed E-state index contributed by atoms with van der Waals surface area (Å²) in [5, 5.41) is 32.2. The Morgan fingerprint density at radius 1 is 1.05 bits per heavy atom. The predicted molar refractivity (Wildman–Crippen MR) is 209 cm³/mol. The van der Waals surface area contributed by atoms with E-state index < -0.39 is 121 Å². The summed E-state index contributed by atoms with van der Waals surface area (Å²) < 4.78 is 36.8. The summed E-state index contributed by atoms with van der Waals surface area (Å²) in [4.78, 5) is 62.6. The molecule has 6 N–H and O–H groups in total. The molecule has 5 aliphatic heterocycles. The molecule has 0 aromatic heterocycles. The van der Waals surface area contributed by atoms with Gasteiger partial charge in [0.05, 0.1) is 48.5 Å². The molecule has 0 aliphatic carbocycles. The SMILES string of the molecule is C=CC[C@@H](OC)[C@H](/C=C\[C@@H]1CC=C[C@H]2O[C@H]3[C@H](O)[C@H]4O[C@@H](/C=C/[C@H](O)CO)C=CC[C@@H]4O[C@@H]3C[C@@H]2O1)OC(=O)CNC(=O)CCN1C(=O)CC(SCCC(N)=O)C1=O. The molecule has 5 aliphatic rings. The number of likely N-dealkylation sites (tertiary alicyclic amines) is 1. The number of fused-ring (bicyclic) bond motifs is 3. The Hall–Kier alpha value is -3.72. The van der Waals surface area contributed by atoms with Gasteiger partial charge in [-0.3, -0.25) is 28.9 Å². The quantitative estimate of drug-likeness (QED) is 0.0649. The number of rotatable bonds is 19. The molecule has 17 nitrogen and oxygen atoms in total. The largest absolute Gasteiger partial charge is 0.454 e. The highest BCUT2D eigenvalue weighted by molar-refractivity contribution is 8.00. The van der Waals surface area contributed by atoms with E-state index in [9.17, 15) is 34.2 Å². The van der Waals surface area contributed by atoms with Gasteiger partial charge in [-0.2, -0.15) is 0 Å². The van der Waals surface area contributed by atoms with E-state index in [2.05, 4.69) is 11.9 Å². The monoisotopic (exact) mass is 833 g/mol. The topological polar surface area (TPSA) is 243 Å². The van der Waals surface area contributed by atoms with Gasteiger partial charge in [-0.05, 0) is 25.3 Å². The molecule has 0 spiro atoms. The minimum Gasteiger partial charge on any atom is -0.454 e. The van der Waals surface area contributed by atoms with Gasteiger partial charge in [0.2, 0.25) is 23.6 Å². The lowest BCUT2D eigenvalue weighted by molar-refractivity contribution is -0.286. The molecule has 5 rings (SSSR count). The van der Waals surface area contributed by atoms with Crippen LogP contribution in [-0.4, -0.2) is 161 Å². The highest BCUT2D eigenvalue weighted by atomic mass is 32.2. The third-order valence-electron chi connectivity index (χ3n) is 10.4. The van der Waals surface area contributed by atoms with Gasteiger partial charge in [0.1, 0.15) is 43.2 Å². The Morgan fingerprint density at radius 3 is 2.57 bits per heavy atom. The minimum atomic E-state index is -1.02. The molecule has 0 radical (unpaired) electrons. The van der Waals surface area contributed by atoms with Crippen LogP contribution in [0.5, 0.6) is 0 Å². The molecule has 320 valence electrons. The van der Waals surface area contributed by atoms with Crippen molar-refractivity contribution in [2.75, 3.05) is 32.6 Å². The second kappa shape index (κ2) is 22.0. The number of nitrogens with zero attached hydrogens (tertiary/aromatic N) is 1. The van der Waals surface area contributed by atoms with Crippen molar-refractivity contribution in [2.24, 2.45) is 5.73 Å². The molecule has 18 heteroatoms. The van der Waals surface area contributed by atoms with Gasteiger partial charge < -0.3 is 54.8 Å². The number of primary amides is 1. The van der Waals surface area contributed by atoms with E-state index in [0.717, 1.165) is 4.90 Å². The predicted octanol–water partition coefficient (Wildman–Crippen LogP) is -0.0895. The van der Waals surface area contributed by atoms with Crippen molar-refractivity contribution in [2.45, 2.75) is 123 Å². The van der Waals surface area contributed by atoms with Crippen molar-refractivity contribution in [1.82, 2.24) is 10.2 Å². The van der Waals surface area contributed by atoms with Gasteiger partial charge in [-0.1, -0.05) is 48.6 Å². The minimum absolute atomic E-state index is 0.0251.